The number of carbonyl (C=O) groups excluding carboxylic acids is 1. The zero-order valence-electron chi connectivity index (χ0n) is 11.0. The van der Waals surface area contributed by atoms with Gasteiger partial charge in [-0.1, -0.05) is 11.6 Å². The molecule has 2 heterocycles. The molecule has 0 fully saturated rings. The van der Waals surface area contributed by atoms with Crippen molar-refractivity contribution in [3.63, 3.8) is 0 Å². The molecule has 3 N–H and O–H groups in total. The Balaban J connectivity index is 2.05. The lowest BCUT2D eigenvalue weighted by Crippen LogP contribution is -2.16. The lowest BCUT2D eigenvalue weighted by atomic mass is 10.2. The average Bonchev–Trinajstić information content (AvgIpc) is 2.46. The Morgan fingerprint density at radius 3 is 2.77 bits per heavy atom. The molecule has 0 saturated heterocycles. The second-order valence-electron chi connectivity index (χ2n) is 4.01. The van der Waals surface area contributed by atoms with Crippen LogP contribution in [0.25, 0.3) is 0 Å². The van der Waals surface area contributed by atoms with E-state index < -0.39 is 12.5 Å². The summed E-state index contributed by atoms with van der Waals surface area (Å²) in [5.41, 5.74) is 5.80. The van der Waals surface area contributed by atoms with Gasteiger partial charge in [-0.05, 0) is 18.2 Å². The lowest BCUT2D eigenvalue weighted by molar-refractivity contribution is -0.0500. The number of pyridine rings is 1. The number of nitrogens with zero attached hydrogens (tertiary/aromatic N) is 3. The molecule has 0 saturated carbocycles. The van der Waals surface area contributed by atoms with Gasteiger partial charge in [-0.2, -0.15) is 8.78 Å². The molecule has 116 valence electrons. The van der Waals surface area contributed by atoms with Gasteiger partial charge in [-0.15, -0.1) is 10.2 Å². The molecule has 0 aliphatic carbocycles. The Morgan fingerprint density at radius 1 is 1.41 bits per heavy atom. The van der Waals surface area contributed by atoms with E-state index in [-0.39, 0.29) is 28.8 Å². The Morgan fingerprint density at radius 2 is 2.18 bits per heavy atom. The van der Waals surface area contributed by atoms with Crippen LogP contribution in [0.15, 0.2) is 24.4 Å². The van der Waals surface area contributed by atoms with Gasteiger partial charge in [0.05, 0.1) is 24.0 Å². The van der Waals surface area contributed by atoms with Crippen LogP contribution in [0.2, 0.25) is 5.15 Å². The minimum atomic E-state index is -2.91. The van der Waals surface area contributed by atoms with Gasteiger partial charge in [0.2, 0.25) is 0 Å². The Bertz CT molecular complexity index is 669. The number of hydrogen-bond donors (Lipinski definition) is 2. The monoisotopic (exact) mass is 329 g/mol. The highest BCUT2D eigenvalue weighted by molar-refractivity contribution is 6.29. The van der Waals surface area contributed by atoms with Gasteiger partial charge in [0.15, 0.2) is 11.0 Å². The van der Waals surface area contributed by atoms with Crippen molar-refractivity contribution in [1.29, 1.82) is 0 Å². The highest BCUT2D eigenvalue weighted by atomic mass is 35.5. The summed E-state index contributed by atoms with van der Waals surface area (Å²) in [5.74, 6) is -0.623. The summed E-state index contributed by atoms with van der Waals surface area (Å²) in [6, 6.07) is 4.11. The first-order chi connectivity index (χ1) is 10.5. The normalized spacial score (nSPS) is 10.5. The summed E-state index contributed by atoms with van der Waals surface area (Å²) < 4.78 is 28.2. The van der Waals surface area contributed by atoms with Crippen molar-refractivity contribution < 1.29 is 18.3 Å². The minimum Gasteiger partial charge on any atom is -0.433 e. The number of aromatic nitrogens is 3. The smallest absolute Gasteiger partial charge is 0.387 e. The predicted molar refractivity (Wildman–Crippen MR) is 73.8 cm³/mol. The van der Waals surface area contributed by atoms with Crippen LogP contribution in [0.1, 0.15) is 16.1 Å². The molecule has 0 aliphatic heterocycles. The first-order valence-corrected chi connectivity index (χ1v) is 6.30. The first-order valence-electron chi connectivity index (χ1n) is 5.92. The minimum absolute atomic E-state index is 0.0333. The summed E-state index contributed by atoms with van der Waals surface area (Å²) in [7, 11) is 0. The van der Waals surface area contributed by atoms with Crippen molar-refractivity contribution in [3.05, 3.63) is 40.8 Å². The van der Waals surface area contributed by atoms with Crippen molar-refractivity contribution in [2.24, 2.45) is 5.73 Å². The number of alkyl halides is 2. The summed E-state index contributed by atoms with van der Waals surface area (Å²) in [6.07, 6.45) is 1.16. The molecule has 1 amide bonds. The molecular formula is C12H10ClF2N5O2. The number of ether oxygens (including phenoxy) is 1. The molecule has 2 rings (SSSR count). The van der Waals surface area contributed by atoms with Crippen molar-refractivity contribution in [3.8, 4) is 5.75 Å². The second kappa shape index (κ2) is 6.94. The number of primary amides is 1. The van der Waals surface area contributed by atoms with Crippen LogP contribution in [-0.4, -0.2) is 27.7 Å². The van der Waals surface area contributed by atoms with Gasteiger partial charge in [-0.25, -0.2) is 0 Å². The third-order valence-corrected chi connectivity index (χ3v) is 2.67. The third-order valence-electron chi connectivity index (χ3n) is 2.49. The molecule has 0 spiro atoms. The fourth-order valence-electron chi connectivity index (χ4n) is 1.55. The molecule has 0 atom stereocenters. The number of amides is 1. The Labute approximate surface area is 128 Å². The average molecular weight is 330 g/mol. The molecule has 0 radical (unpaired) electrons. The van der Waals surface area contributed by atoms with Crippen LogP contribution < -0.4 is 15.8 Å². The highest BCUT2D eigenvalue weighted by Gasteiger charge is 2.12. The molecule has 2 aromatic heterocycles. The van der Waals surface area contributed by atoms with Gasteiger partial charge in [0.25, 0.3) is 5.91 Å². The van der Waals surface area contributed by atoms with E-state index in [0.29, 0.717) is 5.69 Å². The van der Waals surface area contributed by atoms with Gasteiger partial charge in [-0.3, -0.25) is 9.78 Å². The standard InChI is InChI=1S/C12H10ClF2N5O2/c13-9-3-8(10(16)21)11(20-19-9)18-4-6-1-2-7(5-17-6)22-12(14)15/h1-3,5,12H,4H2,(H2,16,21)(H,18,20). The fraction of sp³-hybridized carbons (Fsp3) is 0.167. The van der Waals surface area contributed by atoms with Crippen molar-refractivity contribution in [1.82, 2.24) is 15.2 Å². The third kappa shape index (κ3) is 4.22. The zero-order valence-corrected chi connectivity index (χ0v) is 11.7. The van der Waals surface area contributed by atoms with Crippen molar-refractivity contribution in [2.75, 3.05) is 5.32 Å². The first kappa shape index (κ1) is 15.8. The predicted octanol–water partition coefficient (Wildman–Crippen LogP) is 1.84. The Hall–Kier alpha value is -2.55. The molecule has 0 aromatic carbocycles. The van der Waals surface area contributed by atoms with Crippen molar-refractivity contribution >= 4 is 23.3 Å². The van der Waals surface area contributed by atoms with Crippen LogP contribution >= 0.6 is 11.6 Å². The van der Waals surface area contributed by atoms with Crippen LogP contribution in [-0.2, 0) is 6.54 Å². The molecule has 2 aromatic rings. The molecule has 7 nitrogen and oxygen atoms in total. The largest absolute Gasteiger partial charge is 0.433 e. The summed E-state index contributed by atoms with van der Waals surface area (Å²) in [6.45, 7) is -2.74. The number of rotatable bonds is 6. The zero-order chi connectivity index (χ0) is 16.1. The number of nitrogens with two attached hydrogens (primary N) is 1. The van der Waals surface area contributed by atoms with Gasteiger partial charge < -0.3 is 15.8 Å². The summed E-state index contributed by atoms with van der Waals surface area (Å²) in [5, 5.41) is 10.2. The van der Waals surface area contributed by atoms with E-state index in [1.165, 1.54) is 18.2 Å². The highest BCUT2D eigenvalue weighted by Crippen LogP contribution is 2.16. The van der Waals surface area contributed by atoms with E-state index in [2.05, 4.69) is 25.2 Å². The summed E-state index contributed by atoms with van der Waals surface area (Å²) in [4.78, 5) is 15.2. The quantitative estimate of drug-likeness (QED) is 0.838. The number of anilines is 1. The van der Waals surface area contributed by atoms with E-state index in [1.807, 2.05) is 0 Å². The molecule has 0 bridgehead atoms. The molecular weight excluding hydrogens is 320 g/mol. The van der Waals surface area contributed by atoms with Crippen LogP contribution in [0.5, 0.6) is 5.75 Å². The van der Waals surface area contributed by atoms with E-state index in [0.717, 1.165) is 6.20 Å². The number of halogens is 3. The SMILES string of the molecule is NC(=O)c1cc(Cl)nnc1NCc1ccc(OC(F)F)cn1. The van der Waals surface area contributed by atoms with Crippen LogP contribution in [0.3, 0.4) is 0 Å². The maximum absolute atomic E-state index is 12.0. The van der Waals surface area contributed by atoms with Crippen molar-refractivity contribution in [2.45, 2.75) is 13.2 Å². The van der Waals surface area contributed by atoms with Crippen LogP contribution in [0, 0.1) is 0 Å². The second-order valence-corrected chi connectivity index (χ2v) is 4.40. The number of hydrogen-bond acceptors (Lipinski definition) is 6. The number of nitrogens with one attached hydrogen (secondary N) is 1. The van der Waals surface area contributed by atoms with E-state index >= 15 is 0 Å². The molecule has 0 unspecified atom stereocenters. The molecule has 0 aliphatic rings. The lowest BCUT2D eigenvalue weighted by Gasteiger charge is -2.09. The maximum atomic E-state index is 12.0. The van der Waals surface area contributed by atoms with Gasteiger partial charge in [0, 0.05) is 0 Å². The maximum Gasteiger partial charge on any atom is 0.387 e. The van der Waals surface area contributed by atoms with Crippen LogP contribution in [0.4, 0.5) is 14.6 Å². The van der Waals surface area contributed by atoms with E-state index in [4.69, 9.17) is 17.3 Å². The summed E-state index contributed by atoms with van der Waals surface area (Å²) >= 11 is 5.64. The number of carbonyl (C=O) groups is 1. The van der Waals surface area contributed by atoms with Gasteiger partial charge in [0.1, 0.15) is 5.75 Å². The van der Waals surface area contributed by atoms with Gasteiger partial charge >= 0.3 is 6.61 Å². The molecule has 10 heteroatoms. The topological polar surface area (TPSA) is 103 Å². The Kier molecular flexibility index (Phi) is 4.99. The molecule has 22 heavy (non-hydrogen) atoms. The van der Waals surface area contributed by atoms with E-state index in [1.54, 1.807) is 0 Å². The fourth-order valence-corrected chi connectivity index (χ4v) is 1.70. The van der Waals surface area contributed by atoms with E-state index in [9.17, 15) is 13.6 Å².